The monoisotopic (exact) mass is 369 g/mol. The van der Waals surface area contributed by atoms with Gasteiger partial charge >= 0.3 is 0 Å². The smallest absolute Gasteiger partial charge is 0.270 e. The lowest BCUT2D eigenvalue weighted by Gasteiger charge is -2.17. The lowest BCUT2D eigenvalue weighted by atomic mass is 10.1. The van der Waals surface area contributed by atoms with Gasteiger partial charge in [-0.25, -0.2) is 13.5 Å². The van der Waals surface area contributed by atoms with Crippen LogP contribution < -0.4 is 5.32 Å². The molecular formula is C21H21F2N3O. The number of carbonyl (C=O) groups is 1. The number of rotatable bonds is 5. The summed E-state index contributed by atoms with van der Waals surface area (Å²) in [4.78, 5) is 12.8. The molecule has 6 heteroatoms. The van der Waals surface area contributed by atoms with Crippen LogP contribution in [0.2, 0.25) is 0 Å². The minimum absolute atomic E-state index is 0.0500. The Balaban J connectivity index is 2.08. The first kappa shape index (κ1) is 18.8. The van der Waals surface area contributed by atoms with Gasteiger partial charge in [-0.3, -0.25) is 4.79 Å². The molecular weight excluding hydrogens is 348 g/mol. The first-order valence-corrected chi connectivity index (χ1v) is 8.78. The molecule has 2 aromatic carbocycles. The van der Waals surface area contributed by atoms with Gasteiger partial charge in [0.05, 0.1) is 11.4 Å². The largest absolute Gasteiger partial charge is 0.348 e. The van der Waals surface area contributed by atoms with E-state index in [4.69, 9.17) is 0 Å². The Morgan fingerprint density at radius 2 is 1.70 bits per heavy atom. The second kappa shape index (κ2) is 7.70. The van der Waals surface area contributed by atoms with E-state index in [0.717, 1.165) is 0 Å². The van der Waals surface area contributed by atoms with Gasteiger partial charge in [-0.2, -0.15) is 5.10 Å². The van der Waals surface area contributed by atoms with E-state index in [1.165, 1.54) is 35.0 Å². The van der Waals surface area contributed by atoms with Crippen LogP contribution in [0.1, 0.15) is 31.3 Å². The maximum Gasteiger partial charge on any atom is 0.270 e. The lowest BCUT2D eigenvalue weighted by Crippen LogP contribution is -2.37. The summed E-state index contributed by atoms with van der Waals surface area (Å²) in [6.07, 6.45) is 0. The third kappa shape index (κ3) is 4.05. The van der Waals surface area contributed by atoms with E-state index < -0.39 is 5.82 Å². The number of carbonyl (C=O) groups excluding carboxylic acids is 1. The predicted molar refractivity (Wildman–Crippen MR) is 101 cm³/mol. The van der Waals surface area contributed by atoms with E-state index in [9.17, 15) is 13.6 Å². The molecule has 0 radical (unpaired) electrons. The molecule has 1 atom stereocenters. The SMILES string of the molecule is CC(C)C(C)NC(=O)c1cc(-c2ccccc2F)nn1-c1ccc(F)cc1. The second-order valence-electron chi connectivity index (χ2n) is 6.79. The van der Waals surface area contributed by atoms with Crippen molar-refractivity contribution in [1.82, 2.24) is 15.1 Å². The van der Waals surface area contributed by atoms with Crippen LogP contribution in [-0.4, -0.2) is 21.7 Å². The van der Waals surface area contributed by atoms with Crippen molar-refractivity contribution in [2.24, 2.45) is 5.92 Å². The molecule has 27 heavy (non-hydrogen) atoms. The minimum atomic E-state index is -0.427. The maximum absolute atomic E-state index is 14.2. The number of halogens is 2. The first-order valence-electron chi connectivity index (χ1n) is 8.78. The number of aromatic nitrogens is 2. The van der Waals surface area contributed by atoms with Gasteiger partial charge < -0.3 is 5.32 Å². The van der Waals surface area contributed by atoms with Gasteiger partial charge in [0.15, 0.2) is 0 Å². The molecule has 4 nitrogen and oxygen atoms in total. The molecule has 3 rings (SSSR count). The van der Waals surface area contributed by atoms with E-state index in [1.807, 2.05) is 20.8 Å². The lowest BCUT2D eigenvalue weighted by molar-refractivity contribution is 0.0922. The van der Waals surface area contributed by atoms with Crippen molar-refractivity contribution in [3.63, 3.8) is 0 Å². The maximum atomic E-state index is 14.2. The summed E-state index contributed by atoms with van der Waals surface area (Å²) in [6, 6.07) is 13.4. The third-order valence-corrected chi connectivity index (χ3v) is 4.52. The Morgan fingerprint density at radius 1 is 1.04 bits per heavy atom. The van der Waals surface area contributed by atoms with Gasteiger partial charge in [0, 0.05) is 11.6 Å². The fraction of sp³-hybridized carbons (Fsp3) is 0.238. The van der Waals surface area contributed by atoms with Crippen molar-refractivity contribution >= 4 is 5.91 Å². The molecule has 1 unspecified atom stereocenters. The molecule has 0 bridgehead atoms. The highest BCUT2D eigenvalue weighted by molar-refractivity contribution is 5.94. The molecule has 3 aromatic rings. The number of amides is 1. The second-order valence-corrected chi connectivity index (χ2v) is 6.79. The molecule has 0 saturated carbocycles. The zero-order valence-corrected chi connectivity index (χ0v) is 15.4. The van der Waals surface area contributed by atoms with Gasteiger partial charge in [0.25, 0.3) is 5.91 Å². The van der Waals surface area contributed by atoms with Gasteiger partial charge in [0.2, 0.25) is 0 Å². The van der Waals surface area contributed by atoms with Crippen molar-refractivity contribution in [3.8, 4) is 16.9 Å². The van der Waals surface area contributed by atoms with E-state index in [-0.39, 0.29) is 29.4 Å². The normalized spacial score (nSPS) is 12.2. The van der Waals surface area contributed by atoms with Crippen molar-refractivity contribution < 1.29 is 13.6 Å². The summed E-state index contributed by atoms with van der Waals surface area (Å²) < 4.78 is 28.9. The molecule has 1 N–H and O–H groups in total. The van der Waals surface area contributed by atoms with Gasteiger partial charge in [0.1, 0.15) is 17.3 Å². The van der Waals surface area contributed by atoms with Crippen molar-refractivity contribution in [2.45, 2.75) is 26.8 Å². The van der Waals surface area contributed by atoms with Crippen LogP contribution >= 0.6 is 0 Å². The minimum Gasteiger partial charge on any atom is -0.348 e. The topological polar surface area (TPSA) is 46.9 Å². The van der Waals surface area contributed by atoms with Gasteiger partial charge in [-0.15, -0.1) is 0 Å². The Kier molecular flexibility index (Phi) is 5.35. The molecule has 0 saturated heterocycles. The zero-order chi connectivity index (χ0) is 19.6. The highest BCUT2D eigenvalue weighted by Crippen LogP contribution is 2.24. The molecule has 1 heterocycles. The van der Waals surface area contributed by atoms with Crippen LogP contribution in [0, 0.1) is 17.6 Å². The molecule has 0 spiro atoms. The van der Waals surface area contributed by atoms with Crippen LogP contribution in [0.4, 0.5) is 8.78 Å². The standard InChI is InChI=1S/C21H21F2N3O/c1-13(2)14(3)24-21(27)20-12-19(17-6-4-5-7-18(17)23)25-26(20)16-10-8-15(22)9-11-16/h4-14H,1-3H3,(H,24,27). The Hall–Kier alpha value is -3.02. The Labute approximate surface area is 156 Å². The van der Waals surface area contributed by atoms with Gasteiger partial charge in [-0.05, 0) is 55.3 Å². The van der Waals surface area contributed by atoms with Crippen LogP contribution in [0.5, 0.6) is 0 Å². The summed E-state index contributed by atoms with van der Waals surface area (Å²) in [5.74, 6) is -0.888. The van der Waals surface area contributed by atoms with Crippen LogP contribution in [0.3, 0.4) is 0 Å². The van der Waals surface area contributed by atoms with E-state index in [2.05, 4.69) is 10.4 Å². The summed E-state index contributed by atoms with van der Waals surface area (Å²) in [5.41, 5.74) is 1.40. The third-order valence-electron chi connectivity index (χ3n) is 4.52. The van der Waals surface area contributed by atoms with Crippen molar-refractivity contribution in [3.05, 3.63) is 71.9 Å². The first-order chi connectivity index (χ1) is 12.9. The number of benzene rings is 2. The highest BCUT2D eigenvalue weighted by Gasteiger charge is 2.21. The van der Waals surface area contributed by atoms with Crippen LogP contribution in [-0.2, 0) is 0 Å². The highest BCUT2D eigenvalue weighted by atomic mass is 19.1. The number of nitrogens with zero attached hydrogens (tertiary/aromatic N) is 2. The Bertz CT molecular complexity index is 948. The van der Waals surface area contributed by atoms with Gasteiger partial charge in [-0.1, -0.05) is 26.0 Å². The number of hydrogen-bond acceptors (Lipinski definition) is 2. The molecule has 1 amide bonds. The molecule has 0 fully saturated rings. The predicted octanol–water partition coefficient (Wildman–Crippen LogP) is 4.59. The van der Waals surface area contributed by atoms with E-state index >= 15 is 0 Å². The number of nitrogens with one attached hydrogen (secondary N) is 1. The summed E-state index contributed by atoms with van der Waals surface area (Å²) >= 11 is 0. The fourth-order valence-electron chi connectivity index (χ4n) is 2.57. The quantitative estimate of drug-likeness (QED) is 0.715. The van der Waals surface area contributed by atoms with Crippen LogP contribution in [0.25, 0.3) is 16.9 Å². The average molecular weight is 369 g/mol. The fourth-order valence-corrected chi connectivity index (χ4v) is 2.57. The average Bonchev–Trinajstić information content (AvgIpc) is 3.07. The summed E-state index contributed by atoms with van der Waals surface area (Å²) in [7, 11) is 0. The zero-order valence-electron chi connectivity index (χ0n) is 15.4. The molecule has 0 aliphatic carbocycles. The molecule has 140 valence electrons. The summed E-state index contributed by atoms with van der Waals surface area (Å²) in [5, 5.41) is 7.34. The van der Waals surface area contributed by atoms with E-state index in [0.29, 0.717) is 16.9 Å². The molecule has 0 aliphatic heterocycles. The molecule has 0 aliphatic rings. The van der Waals surface area contributed by atoms with Crippen molar-refractivity contribution in [2.75, 3.05) is 0 Å². The number of hydrogen-bond donors (Lipinski definition) is 1. The van der Waals surface area contributed by atoms with Crippen molar-refractivity contribution in [1.29, 1.82) is 0 Å². The molecule has 1 aromatic heterocycles. The Morgan fingerprint density at radius 3 is 2.33 bits per heavy atom. The van der Waals surface area contributed by atoms with Crippen LogP contribution in [0.15, 0.2) is 54.6 Å². The van der Waals surface area contributed by atoms with E-state index in [1.54, 1.807) is 24.3 Å². The summed E-state index contributed by atoms with van der Waals surface area (Å²) in [6.45, 7) is 5.93.